The van der Waals surface area contributed by atoms with E-state index >= 15 is 0 Å². The molecule has 0 saturated carbocycles. The van der Waals surface area contributed by atoms with Crippen molar-refractivity contribution in [2.24, 2.45) is 5.92 Å². The molecule has 0 aliphatic carbocycles. The minimum absolute atomic E-state index is 0.596. The highest BCUT2D eigenvalue weighted by atomic mass is 32.1. The first-order chi connectivity index (χ1) is 11.7. The second-order valence-electron chi connectivity index (χ2n) is 7.56. The molecule has 130 valence electrons. The van der Waals surface area contributed by atoms with Gasteiger partial charge in [-0.25, -0.2) is 9.97 Å². The number of rotatable bonds is 4. The fourth-order valence-electron chi connectivity index (χ4n) is 3.96. The number of aromatic nitrogens is 2. The van der Waals surface area contributed by atoms with E-state index in [2.05, 4.69) is 30.6 Å². The molecule has 2 aliphatic rings. The topological polar surface area (TPSA) is 32.3 Å². The molecular formula is C19H28N4S. The molecule has 0 aromatic carbocycles. The van der Waals surface area contributed by atoms with Crippen molar-refractivity contribution >= 4 is 27.4 Å². The van der Waals surface area contributed by atoms with Gasteiger partial charge in [-0.3, -0.25) is 4.90 Å². The van der Waals surface area contributed by atoms with Crippen LogP contribution in [-0.2, 0) is 19.4 Å². The van der Waals surface area contributed by atoms with Gasteiger partial charge in [0.2, 0.25) is 0 Å². The quantitative estimate of drug-likeness (QED) is 0.843. The lowest BCUT2D eigenvalue weighted by Crippen LogP contribution is -2.29. The zero-order chi connectivity index (χ0) is 16.7. The first-order valence-corrected chi connectivity index (χ1v) is 10.3. The van der Waals surface area contributed by atoms with Crippen LogP contribution < -0.4 is 4.90 Å². The van der Waals surface area contributed by atoms with Gasteiger partial charge in [0, 0.05) is 37.5 Å². The van der Waals surface area contributed by atoms with Crippen LogP contribution in [0, 0.1) is 5.92 Å². The summed E-state index contributed by atoms with van der Waals surface area (Å²) in [5.41, 5.74) is 1.54. The van der Waals surface area contributed by atoms with Crippen LogP contribution in [-0.4, -0.2) is 41.0 Å². The van der Waals surface area contributed by atoms with E-state index in [0.717, 1.165) is 44.8 Å². The summed E-state index contributed by atoms with van der Waals surface area (Å²) >= 11 is 1.91. The van der Waals surface area contributed by atoms with Gasteiger partial charge in [-0.15, -0.1) is 11.3 Å². The molecule has 4 nitrogen and oxygen atoms in total. The molecule has 2 aliphatic heterocycles. The summed E-state index contributed by atoms with van der Waals surface area (Å²) in [4.78, 5) is 17.8. The van der Waals surface area contributed by atoms with Crippen LogP contribution >= 0.6 is 11.3 Å². The minimum atomic E-state index is 0.596. The second kappa shape index (κ2) is 6.60. The van der Waals surface area contributed by atoms with Crippen molar-refractivity contribution in [3.8, 4) is 0 Å². The van der Waals surface area contributed by atoms with Crippen LogP contribution in [0.2, 0.25) is 0 Å². The van der Waals surface area contributed by atoms with Crippen molar-refractivity contribution in [1.82, 2.24) is 14.9 Å². The van der Waals surface area contributed by atoms with E-state index in [4.69, 9.17) is 9.97 Å². The summed E-state index contributed by atoms with van der Waals surface area (Å²) in [5, 5.41) is 1.38. The Morgan fingerprint density at radius 3 is 2.62 bits per heavy atom. The van der Waals surface area contributed by atoms with E-state index in [-0.39, 0.29) is 0 Å². The lowest BCUT2D eigenvalue weighted by molar-refractivity contribution is 0.272. The maximum Gasteiger partial charge on any atom is 0.141 e. The molecule has 1 saturated heterocycles. The van der Waals surface area contributed by atoms with Gasteiger partial charge in [0.05, 0.1) is 5.39 Å². The van der Waals surface area contributed by atoms with Crippen molar-refractivity contribution in [2.75, 3.05) is 31.1 Å². The number of thiophene rings is 1. The average Bonchev–Trinajstić information content (AvgIpc) is 3.20. The average molecular weight is 345 g/mol. The van der Waals surface area contributed by atoms with Gasteiger partial charge >= 0.3 is 0 Å². The third-order valence-electron chi connectivity index (χ3n) is 5.25. The van der Waals surface area contributed by atoms with Crippen LogP contribution in [0.3, 0.4) is 0 Å². The molecule has 0 spiro atoms. The Hall–Kier alpha value is -1.20. The largest absolute Gasteiger partial charge is 0.356 e. The van der Waals surface area contributed by atoms with Crippen molar-refractivity contribution in [3.05, 3.63) is 16.3 Å². The maximum atomic E-state index is 5.05. The summed E-state index contributed by atoms with van der Waals surface area (Å²) in [6.07, 6.45) is 4.71. The van der Waals surface area contributed by atoms with Crippen LogP contribution in [0.15, 0.2) is 0 Å². The van der Waals surface area contributed by atoms with Gasteiger partial charge in [0.1, 0.15) is 16.5 Å². The molecule has 0 unspecified atom stereocenters. The Morgan fingerprint density at radius 2 is 1.92 bits per heavy atom. The summed E-state index contributed by atoms with van der Waals surface area (Å²) in [5.74, 6) is 2.86. The highest BCUT2D eigenvalue weighted by Gasteiger charge is 2.26. The Morgan fingerprint density at radius 1 is 1.12 bits per heavy atom. The number of hydrogen-bond acceptors (Lipinski definition) is 5. The Kier molecular flexibility index (Phi) is 4.48. The lowest BCUT2D eigenvalue weighted by Gasteiger charge is -2.26. The maximum absolute atomic E-state index is 5.05. The summed E-state index contributed by atoms with van der Waals surface area (Å²) in [6, 6.07) is 0. The van der Waals surface area contributed by atoms with Crippen LogP contribution in [0.5, 0.6) is 0 Å². The Labute approximate surface area is 148 Å². The van der Waals surface area contributed by atoms with E-state index in [9.17, 15) is 0 Å². The molecule has 1 fully saturated rings. The fourth-order valence-corrected chi connectivity index (χ4v) is 5.23. The summed E-state index contributed by atoms with van der Waals surface area (Å²) in [7, 11) is 0. The summed E-state index contributed by atoms with van der Waals surface area (Å²) in [6.45, 7) is 12.5. The van der Waals surface area contributed by atoms with E-state index in [1.807, 2.05) is 11.3 Å². The van der Waals surface area contributed by atoms with Gasteiger partial charge in [0.15, 0.2) is 0 Å². The van der Waals surface area contributed by atoms with Crippen LogP contribution in [0.1, 0.15) is 49.9 Å². The Bertz CT molecular complexity index is 731. The van der Waals surface area contributed by atoms with Gasteiger partial charge in [-0.1, -0.05) is 20.8 Å². The van der Waals surface area contributed by atoms with E-state index in [0.29, 0.717) is 5.92 Å². The van der Waals surface area contributed by atoms with Crippen molar-refractivity contribution < 1.29 is 0 Å². The van der Waals surface area contributed by atoms with E-state index in [1.165, 1.54) is 45.9 Å². The smallest absolute Gasteiger partial charge is 0.141 e. The molecule has 0 N–H and O–H groups in total. The van der Waals surface area contributed by atoms with E-state index in [1.54, 1.807) is 0 Å². The van der Waals surface area contributed by atoms with Gasteiger partial charge in [-0.2, -0.15) is 0 Å². The third kappa shape index (κ3) is 2.93. The first kappa shape index (κ1) is 16.3. The predicted octanol–water partition coefficient (Wildman–Crippen LogP) is 3.87. The molecule has 0 radical (unpaired) electrons. The zero-order valence-corrected chi connectivity index (χ0v) is 16.0. The molecule has 0 bridgehead atoms. The van der Waals surface area contributed by atoms with Crippen molar-refractivity contribution in [3.63, 3.8) is 0 Å². The standard InChI is InChI=1S/C19H28N4S/c1-4-22-10-7-14-15(12-22)24-19-17(14)18(23-8-5-6-9-23)20-16(21-19)11-13(2)3/h13H,4-12H2,1-3H3. The van der Waals surface area contributed by atoms with E-state index < -0.39 is 0 Å². The monoisotopic (exact) mass is 344 g/mol. The molecule has 4 rings (SSSR count). The highest BCUT2D eigenvalue weighted by Crippen LogP contribution is 2.39. The predicted molar refractivity (Wildman–Crippen MR) is 102 cm³/mol. The van der Waals surface area contributed by atoms with Crippen molar-refractivity contribution in [1.29, 1.82) is 0 Å². The molecule has 5 heteroatoms. The SMILES string of the molecule is CCN1CCc2c(sc3nc(CC(C)C)nc(N4CCCC4)c23)C1. The van der Waals surface area contributed by atoms with Gasteiger partial charge in [-0.05, 0) is 37.3 Å². The lowest BCUT2D eigenvalue weighted by atomic mass is 10.0. The zero-order valence-electron chi connectivity index (χ0n) is 15.1. The summed E-state index contributed by atoms with van der Waals surface area (Å²) < 4.78 is 0. The number of fused-ring (bicyclic) bond motifs is 3. The van der Waals surface area contributed by atoms with Crippen molar-refractivity contribution in [2.45, 2.75) is 53.0 Å². The molecule has 24 heavy (non-hydrogen) atoms. The molecule has 2 aromatic heterocycles. The number of hydrogen-bond donors (Lipinski definition) is 0. The number of nitrogens with zero attached hydrogens (tertiary/aromatic N) is 4. The Balaban J connectivity index is 1.84. The fraction of sp³-hybridized carbons (Fsp3) is 0.684. The molecule has 0 atom stereocenters. The van der Waals surface area contributed by atoms with Gasteiger partial charge in [0.25, 0.3) is 0 Å². The van der Waals surface area contributed by atoms with Gasteiger partial charge < -0.3 is 4.90 Å². The third-order valence-corrected chi connectivity index (χ3v) is 6.36. The first-order valence-electron chi connectivity index (χ1n) is 9.44. The molecule has 0 amide bonds. The second-order valence-corrected chi connectivity index (χ2v) is 8.64. The highest BCUT2D eigenvalue weighted by molar-refractivity contribution is 7.19. The molecule has 2 aromatic rings. The van der Waals surface area contributed by atoms with Crippen LogP contribution in [0.25, 0.3) is 10.2 Å². The minimum Gasteiger partial charge on any atom is -0.356 e. The number of anilines is 1. The molecular weight excluding hydrogens is 316 g/mol. The number of likely N-dealkylation sites (N-methyl/N-ethyl adjacent to an activating group) is 1. The molecule has 4 heterocycles. The van der Waals surface area contributed by atoms with Crippen LogP contribution in [0.4, 0.5) is 5.82 Å². The normalized spacial score (nSPS) is 18.8.